The smallest absolute Gasteiger partial charge is 0.252 e. The zero-order valence-electron chi connectivity index (χ0n) is 11.7. The number of anilines is 1. The van der Waals surface area contributed by atoms with E-state index in [-0.39, 0.29) is 17.6 Å². The van der Waals surface area contributed by atoms with E-state index < -0.39 is 5.82 Å². The van der Waals surface area contributed by atoms with Crippen LogP contribution in [-0.4, -0.2) is 11.9 Å². The number of halogens is 2. The van der Waals surface area contributed by atoms with E-state index in [1.165, 1.54) is 18.6 Å². The number of nitrogens with two attached hydrogens (primary N) is 1. The molecular formula is C15H20BrFN2O. The van der Waals surface area contributed by atoms with Crippen LogP contribution in [0, 0.1) is 17.7 Å². The Labute approximate surface area is 127 Å². The Kier molecular flexibility index (Phi) is 4.68. The molecule has 5 heteroatoms. The van der Waals surface area contributed by atoms with Gasteiger partial charge in [-0.2, -0.15) is 0 Å². The first-order valence-electron chi connectivity index (χ1n) is 6.95. The van der Waals surface area contributed by atoms with Crippen molar-refractivity contribution in [1.29, 1.82) is 0 Å². The molecule has 1 aromatic rings. The third-order valence-corrected chi connectivity index (χ3v) is 5.01. The molecule has 0 aromatic heterocycles. The van der Waals surface area contributed by atoms with Crippen LogP contribution < -0.4 is 11.1 Å². The van der Waals surface area contributed by atoms with Gasteiger partial charge in [-0.25, -0.2) is 4.39 Å². The third kappa shape index (κ3) is 3.14. The molecule has 1 aliphatic rings. The molecule has 0 radical (unpaired) electrons. The zero-order valence-corrected chi connectivity index (χ0v) is 13.3. The quantitative estimate of drug-likeness (QED) is 0.804. The molecule has 110 valence electrons. The first kappa shape index (κ1) is 15.3. The Balaban J connectivity index is 2.14. The average Bonchev–Trinajstić information content (AvgIpc) is 2.39. The second kappa shape index (κ2) is 6.12. The minimum Gasteiger partial charge on any atom is -0.396 e. The van der Waals surface area contributed by atoms with Crippen LogP contribution in [0.1, 0.15) is 43.5 Å². The summed E-state index contributed by atoms with van der Waals surface area (Å²) in [6.45, 7) is 4.39. The van der Waals surface area contributed by atoms with Crippen molar-refractivity contribution in [1.82, 2.24) is 5.32 Å². The molecule has 0 bridgehead atoms. The number of hydrogen-bond donors (Lipinski definition) is 2. The number of carbonyl (C=O) groups excluding carboxylic acids is 1. The van der Waals surface area contributed by atoms with Gasteiger partial charge in [-0.1, -0.05) is 26.7 Å². The van der Waals surface area contributed by atoms with E-state index in [0.29, 0.717) is 21.9 Å². The predicted molar refractivity (Wildman–Crippen MR) is 81.9 cm³/mol. The molecule has 1 saturated carbocycles. The van der Waals surface area contributed by atoms with Gasteiger partial charge in [0.1, 0.15) is 5.82 Å². The molecule has 3 atom stereocenters. The highest BCUT2D eigenvalue weighted by Gasteiger charge is 2.28. The summed E-state index contributed by atoms with van der Waals surface area (Å²) in [6.07, 6.45) is 3.33. The maximum Gasteiger partial charge on any atom is 0.252 e. The lowest BCUT2D eigenvalue weighted by molar-refractivity contribution is 0.0890. The zero-order chi connectivity index (χ0) is 14.9. The summed E-state index contributed by atoms with van der Waals surface area (Å²) < 4.78 is 13.7. The lowest BCUT2D eigenvalue weighted by Crippen LogP contribution is -2.43. The highest BCUT2D eigenvalue weighted by molar-refractivity contribution is 9.10. The fourth-order valence-electron chi connectivity index (χ4n) is 2.77. The van der Waals surface area contributed by atoms with E-state index in [1.54, 1.807) is 0 Å². The first-order chi connectivity index (χ1) is 9.40. The summed E-state index contributed by atoms with van der Waals surface area (Å²) in [7, 11) is 0. The molecule has 3 N–H and O–H groups in total. The van der Waals surface area contributed by atoms with Crippen LogP contribution >= 0.6 is 15.9 Å². The molecule has 1 amide bonds. The largest absolute Gasteiger partial charge is 0.396 e. The summed E-state index contributed by atoms with van der Waals surface area (Å²) in [6, 6.07) is 2.78. The number of amides is 1. The van der Waals surface area contributed by atoms with E-state index in [0.717, 1.165) is 12.8 Å². The molecule has 20 heavy (non-hydrogen) atoms. The van der Waals surface area contributed by atoms with E-state index in [1.807, 2.05) is 0 Å². The summed E-state index contributed by atoms with van der Waals surface area (Å²) in [5, 5.41) is 3.06. The van der Waals surface area contributed by atoms with Gasteiger partial charge < -0.3 is 11.1 Å². The van der Waals surface area contributed by atoms with Crippen LogP contribution in [0.2, 0.25) is 0 Å². The summed E-state index contributed by atoms with van der Waals surface area (Å²) >= 11 is 3.22. The molecule has 3 unspecified atom stereocenters. The fraction of sp³-hybridized carbons (Fsp3) is 0.533. The molecule has 2 rings (SSSR count). The number of benzene rings is 1. The van der Waals surface area contributed by atoms with E-state index in [4.69, 9.17) is 5.73 Å². The Morgan fingerprint density at radius 2 is 2.10 bits per heavy atom. The molecular weight excluding hydrogens is 323 g/mol. The van der Waals surface area contributed by atoms with Crippen LogP contribution in [0.25, 0.3) is 0 Å². The highest BCUT2D eigenvalue weighted by Crippen LogP contribution is 2.30. The van der Waals surface area contributed by atoms with Gasteiger partial charge >= 0.3 is 0 Å². The molecule has 0 heterocycles. The van der Waals surface area contributed by atoms with Crippen LogP contribution in [0.5, 0.6) is 0 Å². The van der Waals surface area contributed by atoms with Gasteiger partial charge in [0.2, 0.25) is 0 Å². The fourth-order valence-corrected chi connectivity index (χ4v) is 3.27. The van der Waals surface area contributed by atoms with Gasteiger partial charge in [-0.05, 0) is 46.3 Å². The number of carbonyl (C=O) groups is 1. The van der Waals surface area contributed by atoms with Crippen LogP contribution in [0.3, 0.4) is 0 Å². The van der Waals surface area contributed by atoms with Crippen molar-refractivity contribution in [3.05, 3.63) is 28.0 Å². The number of hydrogen-bond acceptors (Lipinski definition) is 2. The van der Waals surface area contributed by atoms with Crippen molar-refractivity contribution in [3.8, 4) is 0 Å². The predicted octanol–water partition coefficient (Wildman–Crippen LogP) is 3.72. The minimum atomic E-state index is -0.520. The van der Waals surface area contributed by atoms with Gasteiger partial charge in [0.15, 0.2) is 0 Å². The van der Waals surface area contributed by atoms with E-state index in [9.17, 15) is 9.18 Å². The average molecular weight is 343 g/mol. The van der Waals surface area contributed by atoms with Gasteiger partial charge in [0, 0.05) is 10.5 Å². The topological polar surface area (TPSA) is 55.1 Å². The molecule has 1 fully saturated rings. The van der Waals surface area contributed by atoms with Gasteiger partial charge in [-0.3, -0.25) is 4.79 Å². The Morgan fingerprint density at radius 3 is 2.80 bits per heavy atom. The number of nitrogen functional groups attached to an aromatic ring is 1. The Hall–Kier alpha value is -1.10. The third-order valence-electron chi connectivity index (χ3n) is 4.35. The first-order valence-corrected chi connectivity index (χ1v) is 7.75. The van der Waals surface area contributed by atoms with Crippen molar-refractivity contribution >= 4 is 27.5 Å². The van der Waals surface area contributed by atoms with E-state index >= 15 is 0 Å². The van der Waals surface area contributed by atoms with Gasteiger partial charge in [0.25, 0.3) is 5.91 Å². The summed E-state index contributed by atoms with van der Waals surface area (Å²) in [4.78, 5) is 12.3. The lowest BCUT2D eigenvalue weighted by Gasteiger charge is -2.34. The molecule has 1 aliphatic carbocycles. The van der Waals surface area contributed by atoms with E-state index in [2.05, 4.69) is 35.1 Å². The normalized spacial score (nSPS) is 26.3. The second-order valence-corrected chi connectivity index (χ2v) is 6.56. The van der Waals surface area contributed by atoms with Gasteiger partial charge in [-0.15, -0.1) is 0 Å². The maximum absolute atomic E-state index is 13.3. The summed E-state index contributed by atoms with van der Waals surface area (Å²) in [5.41, 5.74) is 5.91. The Bertz CT molecular complexity index is 521. The van der Waals surface area contributed by atoms with Crippen molar-refractivity contribution < 1.29 is 9.18 Å². The molecule has 1 aromatic carbocycles. The monoisotopic (exact) mass is 342 g/mol. The molecule has 3 nitrogen and oxygen atoms in total. The number of rotatable bonds is 2. The van der Waals surface area contributed by atoms with Crippen molar-refractivity contribution in [2.45, 2.75) is 39.2 Å². The maximum atomic E-state index is 13.3. The highest BCUT2D eigenvalue weighted by atomic mass is 79.9. The second-order valence-electron chi connectivity index (χ2n) is 5.70. The number of nitrogens with one attached hydrogen (secondary N) is 1. The Morgan fingerprint density at radius 1 is 1.40 bits per heavy atom. The van der Waals surface area contributed by atoms with Crippen molar-refractivity contribution in [2.24, 2.45) is 11.8 Å². The lowest BCUT2D eigenvalue weighted by atomic mass is 9.78. The SMILES string of the molecule is CC1CCCC(NC(=O)c2cc(N)c(F)cc2Br)C1C. The van der Waals surface area contributed by atoms with Crippen molar-refractivity contribution in [2.75, 3.05) is 5.73 Å². The standard InChI is InChI=1S/C15H20BrFN2O/c1-8-4-3-5-14(9(8)2)19-15(20)10-6-13(18)12(17)7-11(10)16/h6-9,14H,3-5,18H2,1-2H3,(H,19,20). The van der Waals surface area contributed by atoms with Crippen molar-refractivity contribution in [3.63, 3.8) is 0 Å². The van der Waals surface area contributed by atoms with Crippen LogP contribution in [-0.2, 0) is 0 Å². The molecule has 0 spiro atoms. The molecule has 0 saturated heterocycles. The van der Waals surface area contributed by atoms with Gasteiger partial charge in [0.05, 0.1) is 11.3 Å². The van der Waals surface area contributed by atoms with Crippen LogP contribution in [0.15, 0.2) is 16.6 Å². The molecule has 0 aliphatic heterocycles. The minimum absolute atomic E-state index is 0.0107. The summed E-state index contributed by atoms with van der Waals surface area (Å²) in [5.74, 6) is 0.336. The van der Waals surface area contributed by atoms with Crippen LogP contribution in [0.4, 0.5) is 10.1 Å².